The third kappa shape index (κ3) is 6.60. The molecule has 1 fully saturated rings. The highest BCUT2D eigenvalue weighted by Gasteiger charge is 2.30. The fourth-order valence-corrected chi connectivity index (χ4v) is 3.94. The largest absolute Gasteiger partial charge is 0.465 e. The molecule has 1 saturated carbocycles. The number of urea groups is 1. The van der Waals surface area contributed by atoms with Crippen LogP contribution in [0.3, 0.4) is 0 Å². The van der Waals surface area contributed by atoms with Crippen LogP contribution in [-0.2, 0) is 13.2 Å². The number of carboxylic acid groups (broad SMARTS) is 1. The van der Waals surface area contributed by atoms with Crippen LogP contribution < -0.4 is 16.4 Å². The molecule has 40 heavy (non-hydrogen) atoms. The summed E-state index contributed by atoms with van der Waals surface area (Å²) < 4.78 is 40.5. The number of carbonyl (C=O) groups excluding carboxylic acids is 1. The van der Waals surface area contributed by atoms with Crippen LogP contribution >= 0.6 is 0 Å². The van der Waals surface area contributed by atoms with Crippen molar-refractivity contribution in [2.75, 3.05) is 30.5 Å². The van der Waals surface area contributed by atoms with Gasteiger partial charge in [0.15, 0.2) is 11.5 Å². The van der Waals surface area contributed by atoms with Gasteiger partial charge in [0.05, 0.1) is 10.9 Å². The van der Waals surface area contributed by atoms with Gasteiger partial charge in [-0.2, -0.15) is 18.3 Å². The van der Waals surface area contributed by atoms with Crippen molar-refractivity contribution >= 4 is 40.4 Å². The Morgan fingerprint density at radius 3 is 2.23 bits per heavy atom. The molecule has 0 aliphatic heterocycles. The molecular weight excluding hydrogens is 527 g/mol. The first kappa shape index (κ1) is 28.2. The summed E-state index contributed by atoms with van der Waals surface area (Å²) in [5.74, 6) is 0.779. The number of hydrogen-bond acceptors (Lipinski definition) is 5. The topological polar surface area (TPSA) is 138 Å². The maximum atomic E-state index is 12.9. The van der Waals surface area contributed by atoms with Crippen molar-refractivity contribution in [1.82, 2.24) is 19.7 Å². The zero-order valence-corrected chi connectivity index (χ0v) is 22.0. The Morgan fingerprint density at radius 2 is 1.65 bits per heavy atom. The SMILES string of the molecule is CN(C)C(=O)O.Cn1nc(N)c2c(-c3cccc(NC(=O)Nc4cccc(C(F)(F)F)c4)c3)cc(C3CC3)nc21. The highest BCUT2D eigenvalue weighted by molar-refractivity contribution is 6.03. The maximum absolute atomic E-state index is 12.9. The van der Waals surface area contributed by atoms with E-state index in [4.69, 9.17) is 15.8 Å². The molecule has 10 nitrogen and oxygen atoms in total. The molecule has 0 unspecified atom stereocenters. The van der Waals surface area contributed by atoms with Gasteiger partial charge in [0.2, 0.25) is 0 Å². The van der Waals surface area contributed by atoms with Crippen molar-refractivity contribution in [2.45, 2.75) is 24.9 Å². The van der Waals surface area contributed by atoms with E-state index in [0.717, 1.165) is 52.1 Å². The summed E-state index contributed by atoms with van der Waals surface area (Å²) in [6.07, 6.45) is -3.23. The van der Waals surface area contributed by atoms with Gasteiger partial charge in [-0.05, 0) is 60.4 Å². The van der Waals surface area contributed by atoms with Gasteiger partial charge in [0.1, 0.15) is 0 Å². The Labute approximate surface area is 227 Å². The molecule has 210 valence electrons. The second-order valence-electron chi connectivity index (χ2n) is 9.49. The molecule has 2 aromatic carbocycles. The summed E-state index contributed by atoms with van der Waals surface area (Å²) >= 11 is 0. The van der Waals surface area contributed by atoms with Gasteiger partial charge in [-0.1, -0.05) is 18.2 Å². The van der Waals surface area contributed by atoms with E-state index in [-0.39, 0.29) is 5.69 Å². The minimum Gasteiger partial charge on any atom is -0.465 e. The van der Waals surface area contributed by atoms with E-state index in [1.807, 2.05) is 12.1 Å². The quantitative estimate of drug-likeness (QED) is 0.244. The van der Waals surface area contributed by atoms with Crippen LogP contribution in [0.25, 0.3) is 22.2 Å². The van der Waals surface area contributed by atoms with Gasteiger partial charge in [0.25, 0.3) is 0 Å². The van der Waals surface area contributed by atoms with Gasteiger partial charge < -0.3 is 26.4 Å². The number of nitrogens with two attached hydrogens (primary N) is 1. The Hall–Kier alpha value is -4.81. The molecule has 4 aromatic rings. The fourth-order valence-electron chi connectivity index (χ4n) is 3.94. The monoisotopic (exact) mass is 555 g/mol. The lowest BCUT2D eigenvalue weighted by atomic mass is 10.0. The van der Waals surface area contributed by atoms with Gasteiger partial charge in [-0.25, -0.2) is 19.3 Å². The van der Waals surface area contributed by atoms with E-state index >= 15 is 0 Å². The first-order valence-corrected chi connectivity index (χ1v) is 12.2. The van der Waals surface area contributed by atoms with E-state index in [9.17, 15) is 22.8 Å². The molecule has 0 atom stereocenters. The molecule has 0 spiro atoms. The standard InChI is InChI=1S/C24H21F3N6O.C3H7NO2/c1-33-22-20(21(28)32-33)18(12-19(31-22)13-8-9-13)14-4-2-6-16(10-14)29-23(34)30-17-7-3-5-15(11-17)24(25,26)27;1-4(2)3(5)6/h2-7,10-13H,8-9H2,1H3,(H2,28,32)(H2,29,30,34);1-2H3,(H,5,6). The average Bonchev–Trinajstić information content (AvgIpc) is 3.69. The fraction of sp³-hybridized carbons (Fsp3) is 0.259. The molecule has 5 N–H and O–H groups in total. The third-order valence-corrected chi connectivity index (χ3v) is 6.10. The van der Waals surface area contributed by atoms with Crippen molar-refractivity contribution in [1.29, 1.82) is 0 Å². The zero-order valence-electron chi connectivity index (χ0n) is 22.0. The number of fused-ring (bicyclic) bond motifs is 1. The normalized spacial score (nSPS) is 12.8. The summed E-state index contributed by atoms with van der Waals surface area (Å²) in [7, 11) is 4.74. The summed E-state index contributed by atoms with van der Waals surface area (Å²) in [5, 5.41) is 18.1. The van der Waals surface area contributed by atoms with Crippen LogP contribution in [0.1, 0.15) is 30.0 Å². The molecule has 2 aromatic heterocycles. The Bertz CT molecular complexity index is 1560. The molecule has 0 bridgehead atoms. The van der Waals surface area contributed by atoms with Crippen LogP contribution in [0.4, 0.5) is 40.0 Å². The number of nitrogens with zero attached hydrogens (tertiary/aromatic N) is 4. The van der Waals surface area contributed by atoms with Crippen LogP contribution in [0, 0.1) is 0 Å². The minimum absolute atomic E-state index is 0.0385. The number of pyridine rings is 1. The van der Waals surface area contributed by atoms with Crippen LogP contribution in [0.15, 0.2) is 54.6 Å². The Kier molecular flexibility index (Phi) is 7.84. The second kappa shape index (κ2) is 11.1. The van der Waals surface area contributed by atoms with E-state index in [1.54, 1.807) is 29.9 Å². The Balaban J connectivity index is 0.000000557. The Morgan fingerprint density at radius 1 is 1.05 bits per heavy atom. The minimum atomic E-state index is -4.49. The number of carbonyl (C=O) groups is 2. The highest BCUT2D eigenvalue weighted by atomic mass is 19.4. The highest BCUT2D eigenvalue weighted by Crippen LogP contribution is 2.43. The summed E-state index contributed by atoms with van der Waals surface area (Å²) in [5.41, 5.74) is 9.19. The number of amides is 3. The third-order valence-electron chi connectivity index (χ3n) is 6.10. The van der Waals surface area contributed by atoms with Crippen molar-refractivity contribution < 1.29 is 27.9 Å². The number of rotatable bonds is 4. The van der Waals surface area contributed by atoms with Gasteiger partial charge in [0, 0.05) is 44.1 Å². The molecule has 1 aliphatic rings. The maximum Gasteiger partial charge on any atom is 0.416 e. The first-order valence-electron chi connectivity index (χ1n) is 12.2. The number of nitrogen functional groups attached to an aromatic ring is 1. The molecule has 0 saturated heterocycles. The van der Waals surface area contributed by atoms with E-state index < -0.39 is 23.9 Å². The van der Waals surface area contributed by atoms with E-state index in [0.29, 0.717) is 23.1 Å². The smallest absolute Gasteiger partial charge is 0.416 e. The zero-order chi connectivity index (χ0) is 29.2. The second-order valence-corrected chi connectivity index (χ2v) is 9.49. The average molecular weight is 556 g/mol. The lowest BCUT2D eigenvalue weighted by Crippen LogP contribution is -2.19. The van der Waals surface area contributed by atoms with Crippen LogP contribution in [0.2, 0.25) is 0 Å². The number of hydrogen-bond donors (Lipinski definition) is 4. The number of nitrogens with one attached hydrogen (secondary N) is 2. The van der Waals surface area contributed by atoms with Crippen molar-refractivity contribution in [3.8, 4) is 11.1 Å². The van der Waals surface area contributed by atoms with Gasteiger partial charge in [-0.15, -0.1) is 0 Å². The summed E-state index contributed by atoms with van der Waals surface area (Å²) in [6, 6.07) is 13.0. The number of benzene rings is 2. The summed E-state index contributed by atoms with van der Waals surface area (Å²) in [6.45, 7) is 0. The number of aromatic nitrogens is 3. The van der Waals surface area contributed by atoms with Crippen LogP contribution in [-0.4, -0.2) is 51.0 Å². The van der Waals surface area contributed by atoms with Crippen molar-refractivity contribution in [2.24, 2.45) is 7.05 Å². The number of alkyl halides is 3. The lowest BCUT2D eigenvalue weighted by molar-refractivity contribution is -0.137. The molecular formula is C27H28F3N7O3. The summed E-state index contributed by atoms with van der Waals surface area (Å²) in [4.78, 5) is 27.9. The molecule has 2 heterocycles. The molecule has 0 radical (unpaired) electrons. The van der Waals surface area contributed by atoms with Crippen LogP contribution in [0.5, 0.6) is 0 Å². The van der Waals surface area contributed by atoms with E-state index in [2.05, 4.69) is 15.7 Å². The molecule has 1 aliphatic carbocycles. The molecule has 3 amide bonds. The predicted molar refractivity (Wildman–Crippen MR) is 146 cm³/mol. The van der Waals surface area contributed by atoms with Crippen molar-refractivity contribution in [3.63, 3.8) is 0 Å². The van der Waals surface area contributed by atoms with Crippen molar-refractivity contribution in [3.05, 3.63) is 65.9 Å². The molecule has 5 rings (SSSR count). The van der Waals surface area contributed by atoms with Gasteiger partial charge >= 0.3 is 18.3 Å². The first-order chi connectivity index (χ1) is 18.8. The number of aryl methyl sites for hydroxylation is 1. The predicted octanol–water partition coefficient (Wildman–Crippen LogP) is 5.98. The van der Waals surface area contributed by atoms with E-state index in [1.165, 1.54) is 26.2 Å². The molecule has 13 heteroatoms. The van der Waals surface area contributed by atoms with Gasteiger partial charge in [-0.3, -0.25) is 0 Å². The number of halogens is 3. The lowest BCUT2D eigenvalue weighted by Gasteiger charge is -2.12. The number of anilines is 3.